The van der Waals surface area contributed by atoms with E-state index in [-0.39, 0.29) is 17.5 Å². The van der Waals surface area contributed by atoms with E-state index in [0.29, 0.717) is 17.0 Å². The van der Waals surface area contributed by atoms with Crippen molar-refractivity contribution >= 4 is 23.3 Å². The summed E-state index contributed by atoms with van der Waals surface area (Å²) in [4.78, 5) is 30.3. The van der Waals surface area contributed by atoms with E-state index in [1.54, 1.807) is 12.1 Å². The van der Waals surface area contributed by atoms with Gasteiger partial charge in [0, 0.05) is 30.1 Å². The van der Waals surface area contributed by atoms with Crippen LogP contribution in [-0.4, -0.2) is 54.2 Å². The zero-order valence-corrected chi connectivity index (χ0v) is 19.1. The van der Waals surface area contributed by atoms with Crippen LogP contribution in [0.15, 0.2) is 48.5 Å². The molecule has 0 N–H and O–H groups in total. The summed E-state index contributed by atoms with van der Waals surface area (Å²) >= 11 is 6.29. The first-order valence-corrected chi connectivity index (χ1v) is 11.9. The van der Waals surface area contributed by atoms with Crippen LogP contribution < -0.4 is 0 Å². The van der Waals surface area contributed by atoms with Gasteiger partial charge in [-0.25, -0.2) is 4.39 Å². The van der Waals surface area contributed by atoms with Crippen molar-refractivity contribution in [1.82, 2.24) is 9.80 Å². The predicted octanol–water partition coefficient (Wildman–Crippen LogP) is 5.10. The monoisotopic (exact) mass is 456 g/mol. The summed E-state index contributed by atoms with van der Waals surface area (Å²) in [5.41, 5.74) is 1.06. The third-order valence-electron chi connectivity index (χ3n) is 6.93. The molecular weight excluding hydrogens is 427 g/mol. The van der Waals surface area contributed by atoms with Crippen LogP contribution in [0, 0.1) is 5.82 Å². The number of hydrogen-bond acceptors (Lipinski definition) is 3. The minimum absolute atomic E-state index is 0.0412. The Morgan fingerprint density at radius 3 is 2.31 bits per heavy atom. The number of piperidine rings is 1. The first-order valence-electron chi connectivity index (χ1n) is 11.5. The molecule has 170 valence electrons. The quantitative estimate of drug-likeness (QED) is 0.544. The first-order chi connectivity index (χ1) is 15.5. The van der Waals surface area contributed by atoms with Gasteiger partial charge in [0.15, 0.2) is 5.78 Å². The zero-order valence-electron chi connectivity index (χ0n) is 18.4. The van der Waals surface area contributed by atoms with E-state index >= 15 is 0 Å². The minimum atomic E-state index is -0.518. The summed E-state index contributed by atoms with van der Waals surface area (Å²) in [6.07, 6.45) is 4.86. The summed E-state index contributed by atoms with van der Waals surface area (Å²) < 4.78 is 13.1. The van der Waals surface area contributed by atoms with Gasteiger partial charge in [-0.05, 0) is 93.7 Å². The second-order valence-electron chi connectivity index (χ2n) is 8.97. The molecule has 0 bridgehead atoms. The molecule has 0 radical (unpaired) electrons. The molecule has 1 amide bonds. The topological polar surface area (TPSA) is 40.6 Å². The average Bonchev–Trinajstić information content (AvgIpc) is 3.34. The van der Waals surface area contributed by atoms with E-state index in [9.17, 15) is 14.0 Å². The second kappa shape index (κ2) is 10.1. The van der Waals surface area contributed by atoms with Crippen molar-refractivity contribution in [3.63, 3.8) is 0 Å². The van der Waals surface area contributed by atoms with E-state index in [1.165, 1.54) is 12.1 Å². The van der Waals surface area contributed by atoms with Crippen LogP contribution in [0.1, 0.15) is 54.4 Å². The molecular formula is C26H30ClFN2O2. The minimum Gasteiger partial charge on any atom is -0.342 e. The number of rotatable bonds is 7. The number of nitrogens with zero attached hydrogens (tertiary/aromatic N) is 2. The van der Waals surface area contributed by atoms with Crippen LogP contribution in [0.3, 0.4) is 0 Å². The highest BCUT2D eigenvalue weighted by molar-refractivity contribution is 6.30. The summed E-state index contributed by atoms with van der Waals surface area (Å²) in [6.45, 7) is 4.14. The number of halogens is 2. The fourth-order valence-electron chi connectivity index (χ4n) is 5.04. The number of hydrogen-bond donors (Lipinski definition) is 0. The molecule has 4 rings (SSSR count). The Balaban J connectivity index is 1.37. The summed E-state index contributed by atoms with van der Waals surface area (Å²) in [5, 5.41) is 0.665. The van der Waals surface area contributed by atoms with Crippen LogP contribution in [0.5, 0.6) is 0 Å². The maximum atomic E-state index is 13.6. The molecule has 2 heterocycles. The molecule has 2 aromatic rings. The van der Waals surface area contributed by atoms with Gasteiger partial charge in [-0.15, -0.1) is 0 Å². The lowest BCUT2D eigenvalue weighted by Crippen LogP contribution is -2.52. The Hall–Kier alpha value is -2.24. The Bertz CT molecular complexity index is 949. The lowest BCUT2D eigenvalue weighted by atomic mass is 9.71. The smallest absolute Gasteiger partial charge is 0.233 e. The first kappa shape index (κ1) is 22.9. The van der Waals surface area contributed by atoms with Crippen molar-refractivity contribution in [3.8, 4) is 0 Å². The molecule has 2 aliphatic heterocycles. The summed E-state index contributed by atoms with van der Waals surface area (Å²) in [5.74, 6) is -0.0515. The summed E-state index contributed by atoms with van der Waals surface area (Å²) in [7, 11) is 0. The van der Waals surface area contributed by atoms with E-state index in [1.807, 2.05) is 29.2 Å². The molecule has 2 fully saturated rings. The predicted molar refractivity (Wildman–Crippen MR) is 125 cm³/mol. The number of ketones is 1. The number of benzene rings is 2. The molecule has 0 aromatic heterocycles. The van der Waals surface area contributed by atoms with Crippen LogP contribution in [0.25, 0.3) is 0 Å². The van der Waals surface area contributed by atoms with E-state index in [0.717, 1.165) is 70.4 Å². The van der Waals surface area contributed by atoms with Crippen molar-refractivity contribution in [3.05, 3.63) is 70.5 Å². The second-order valence-corrected chi connectivity index (χ2v) is 9.40. The van der Waals surface area contributed by atoms with Gasteiger partial charge in [0.25, 0.3) is 0 Å². The Morgan fingerprint density at radius 1 is 0.969 bits per heavy atom. The van der Waals surface area contributed by atoms with Gasteiger partial charge in [0.1, 0.15) is 5.82 Å². The van der Waals surface area contributed by atoms with Gasteiger partial charge in [0.05, 0.1) is 5.41 Å². The highest BCUT2D eigenvalue weighted by Gasteiger charge is 2.45. The molecule has 0 unspecified atom stereocenters. The van der Waals surface area contributed by atoms with Gasteiger partial charge in [-0.1, -0.05) is 23.7 Å². The molecule has 2 saturated heterocycles. The highest BCUT2D eigenvalue weighted by atomic mass is 35.5. The molecule has 0 spiro atoms. The molecule has 0 atom stereocenters. The molecule has 0 aliphatic carbocycles. The number of likely N-dealkylation sites (tertiary alicyclic amines) is 2. The van der Waals surface area contributed by atoms with Crippen molar-refractivity contribution in [1.29, 1.82) is 0 Å². The third kappa shape index (κ3) is 5.05. The average molecular weight is 457 g/mol. The van der Waals surface area contributed by atoms with Gasteiger partial charge < -0.3 is 9.80 Å². The fraction of sp³-hybridized carbons (Fsp3) is 0.462. The summed E-state index contributed by atoms with van der Waals surface area (Å²) in [6, 6.07) is 13.5. The van der Waals surface area contributed by atoms with E-state index in [2.05, 4.69) is 4.90 Å². The van der Waals surface area contributed by atoms with Crippen molar-refractivity contribution in [2.45, 2.75) is 43.9 Å². The van der Waals surface area contributed by atoms with Crippen LogP contribution in [0.4, 0.5) is 4.39 Å². The van der Waals surface area contributed by atoms with Crippen LogP contribution in [0.2, 0.25) is 5.02 Å². The highest BCUT2D eigenvalue weighted by Crippen LogP contribution is 2.39. The van der Waals surface area contributed by atoms with Gasteiger partial charge >= 0.3 is 0 Å². The third-order valence-corrected chi connectivity index (χ3v) is 7.17. The number of carbonyl (C=O) groups excluding carboxylic acids is 2. The van der Waals surface area contributed by atoms with Crippen LogP contribution >= 0.6 is 11.6 Å². The largest absolute Gasteiger partial charge is 0.342 e. The fourth-order valence-corrected chi connectivity index (χ4v) is 5.23. The SMILES string of the molecule is O=C(CCCN1CCC(C(=O)N2CCCC2)(c2cccc(Cl)c2)CC1)c1ccc(F)cc1. The van der Waals surface area contributed by atoms with E-state index < -0.39 is 5.41 Å². The molecule has 0 saturated carbocycles. The van der Waals surface area contributed by atoms with Crippen LogP contribution in [-0.2, 0) is 10.2 Å². The molecule has 32 heavy (non-hydrogen) atoms. The molecule has 4 nitrogen and oxygen atoms in total. The Morgan fingerprint density at radius 2 is 1.66 bits per heavy atom. The molecule has 2 aromatic carbocycles. The zero-order chi connectivity index (χ0) is 22.6. The maximum absolute atomic E-state index is 13.6. The number of Topliss-reactive ketones (excluding diaryl/α,β-unsaturated/α-hetero) is 1. The molecule has 2 aliphatic rings. The lowest BCUT2D eigenvalue weighted by molar-refractivity contribution is -0.138. The van der Waals surface area contributed by atoms with Gasteiger partial charge in [0.2, 0.25) is 5.91 Å². The lowest BCUT2D eigenvalue weighted by Gasteiger charge is -2.43. The standard InChI is InChI=1S/C26H30ClFN2O2/c27-22-6-3-5-21(19-22)26(25(32)30-15-1-2-16-30)12-17-29(18-13-26)14-4-7-24(31)20-8-10-23(28)11-9-20/h3,5-6,8-11,19H,1-2,4,7,12-18H2. The Kier molecular flexibility index (Phi) is 7.27. The Labute approximate surface area is 194 Å². The van der Waals surface area contributed by atoms with Gasteiger partial charge in [-0.2, -0.15) is 0 Å². The van der Waals surface area contributed by atoms with Crippen molar-refractivity contribution in [2.24, 2.45) is 0 Å². The number of amides is 1. The van der Waals surface area contributed by atoms with E-state index in [4.69, 9.17) is 11.6 Å². The van der Waals surface area contributed by atoms with Crippen molar-refractivity contribution in [2.75, 3.05) is 32.7 Å². The molecule has 6 heteroatoms. The maximum Gasteiger partial charge on any atom is 0.233 e. The van der Waals surface area contributed by atoms with Crippen molar-refractivity contribution < 1.29 is 14.0 Å². The van der Waals surface area contributed by atoms with Gasteiger partial charge in [-0.3, -0.25) is 9.59 Å². The number of carbonyl (C=O) groups is 2. The normalized spacial score (nSPS) is 18.6.